The van der Waals surface area contributed by atoms with Crippen LogP contribution < -0.4 is 9.47 Å². The van der Waals surface area contributed by atoms with Gasteiger partial charge < -0.3 is 19.1 Å². The number of benzene rings is 1. The SMILES string of the molecule is CCN(CCO)Cc1nc(-c2ccc(OC(F)F)c(OC)c2)no1. The van der Waals surface area contributed by atoms with Gasteiger partial charge in [0.25, 0.3) is 0 Å². The average Bonchev–Trinajstić information content (AvgIpc) is 3.02. The van der Waals surface area contributed by atoms with Crippen LogP contribution in [0.15, 0.2) is 22.7 Å². The molecule has 132 valence electrons. The van der Waals surface area contributed by atoms with E-state index in [0.29, 0.717) is 30.4 Å². The first kappa shape index (κ1) is 18.1. The lowest BCUT2D eigenvalue weighted by molar-refractivity contribution is -0.0512. The Morgan fingerprint density at radius 2 is 2.12 bits per heavy atom. The quantitative estimate of drug-likeness (QED) is 0.747. The van der Waals surface area contributed by atoms with E-state index in [0.717, 1.165) is 6.54 Å². The van der Waals surface area contributed by atoms with Gasteiger partial charge in [-0.15, -0.1) is 0 Å². The second kappa shape index (κ2) is 8.55. The van der Waals surface area contributed by atoms with E-state index < -0.39 is 6.61 Å². The van der Waals surface area contributed by atoms with Crippen LogP contribution >= 0.6 is 0 Å². The minimum Gasteiger partial charge on any atom is -0.493 e. The smallest absolute Gasteiger partial charge is 0.387 e. The molecule has 0 spiro atoms. The van der Waals surface area contributed by atoms with Crippen molar-refractivity contribution in [1.29, 1.82) is 0 Å². The van der Waals surface area contributed by atoms with Gasteiger partial charge in [0.2, 0.25) is 11.7 Å². The summed E-state index contributed by atoms with van der Waals surface area (Å²) in [7, 11) is 1.35. The number of ether oxygens (including phenoxy) is 2. The monoisotopic (exact) mass is 343 g/mol. The van der Waals surface area contributed by atoms with Crippen LogP contribution in [0, 0.1) is 0 Å². The molecule has 0 aliphatic heterocycles. The Bertz CT molecular complexity index is 651. The van der Waals surface area contributed by atoms with Gasteiger partial charge in [0.15, 0.2) is 11.5 Å². The predicted molar refractivity (Wildman–Crippen MR) is 81.0 cm³/mol. The van der Waals surface area contributed by atoms with Gasteiger partial charge in [-0.05, 0) is 24.7 Å². The van der Waals surface area contributed by atoms with Gasteiger partial charge in [0.05, 0.1) is 20.3 Å². The highest BCUT2D eigenvalue weighted by Crippen LogP contribution is 2.32. The number of likely N-dealkylation sites (N-methyl/N-ethyl adjacent to an activating group) is 1. The first-order valence-corrected chi connectivity index (χ1v) is 7.36. The maximum Gasteiger partial charge on any atom is 0.387 e. The Morgan fingerprint density at radius 3 is 2.75 bits per heavy atom. The lowest BCUT2D eigenvalue weighted by Gasteiger charge is -2.15. The van der Waals surface area contributed by atoms with E-state index >= 15 is 0 Å². The Balaban J connectivity index is 2.17. The van der Waals surface area contributed by atoms with Crippen LogP contribution in [0.1, 0.15) is 12.8 Å². The molecule has 1 aromatic heterocycles. The average molecular weight is 343 g/mol. The number of hydrogen-bond acceptors (Lipinski definition) is 7. The Labute approximate surface area is 137 Å². The molecule has 7 nitrogen and oxygen atoms in total. The molecule has 0 aliphatic carbocycles. The molecule has 0 amide bonds. The van der Waals surface area contributed by atoms with Crippen LogP contribution in [0.4, 0.5) is 8.78 Å². The van der Waals surface area contributed by atoms with Crippen LogP contribution in [0.3, 0.4) is 0 Å². The summed E-state index contributed by atoms with van der Waals surface area (Å²) < 4.78 is 39.3. The van der Waals surface area contributed by atoms with E-state index in [1.807, 2.05) is 11.8 Å². The maximum atomic E-state index is 12.3. The molecule has 0 saturated heterocycles. The topological polar surface area (TPSA) is 80.9 Å². The number of rotatable bonds is 9. The summed E-state index contributed by atoms with van der Waals surface area (Å²) in [5, 5.41) is 12.9. The third-order valence-corrected chi connectivity index (χ3v) is 3.33. The van der Waals surface area contributed by atoms with Crippen LogP contribution in [0.2, 0.25) is 0 Å². The van der Waals surface area contributed by atoms with Gasteiger partial charge in [-0.1, -0.05) is 12.1 Å². The first-order valence-electron chi connectivity index (χ1n) is 7.36. The van der Waals surface area contributed by atoms with Gasteiger partial charge in [-0.25, -0.2) is 0 Å². The van der Waals surface area contributed by atoms with Gasteiger partial charge in [-0.2, -0.15) is 13.8 Å². The highest BCUT2D eigenvalue weighted by molar-refractivity contribution is 5.60. The van der Waals surface area contributed by atoms with E-state index in [9.17, 15) is 8.78 Å². The lowest BCUT2D eigenvalue weighted by atomic mass is 10.2. The maximum absolute atomic E-state index is 12.3. The number of aromatic nitrogens is 2. The van der Waals surface area contributed by atoms with Crippen molar-refractivity contribution in [1.82, 2.24) is 15.0 Å². The fraction of sp³-hybridized carbons (Fsp3) is 0.467. The molecule has 0 fully saturated rings. The number of alkyl halides is 2. The molecule has 24 heavy (non-hydrogen) atoms. The van der Waals surface area contributed by atoms with Gasteiger partial charge in [-0.3, -0.25) is 4.90 Å². The zero-order valence-corrected chi connectivity index (χ0v) is 13.4. The van der Waals surface area contributed by atoms with Gasteiger partial charge >= 0.3 is 6.61 Å². The number of aliphatic hydroxyl groups is 1. The minimum atomic E-state index is -2.94. The Kier molecular flexibility index (Phi) is 6.44. The standard InChI is InChI=1S/C15H19F2N3O4/c1-3-20(6-7-21)9-13-18-14(19-24-13)10-4-5-11(23-15(16)17)12(8-10)22-2/h4-5,8,15,21H,3,6-7,9H2,1-2H3. The molecule has 1 aromatic carbocycles. The predicted octanol–water partition coefficient (Wildman–Crippen LogP) is 2.16. The fourth-order valence-electron chi connectivity index (χ4n) is 2.12. The largest absolute Gasteiger partial charge is 0.493 e. The molecule has 1 N–H and O–H groups in total. The third kappa shape index (κ3) is 4.62. The summed E-state index contributed by atoms with van der Waals surface area (Å²) in [6, 6.07) is 4.40. The van der Waals surface area contributed by atoms with Gasteiger partial charge in [0.1, 0.15) is 0 Å². The Hall–Kier alpha value is -2.26. The summed E-state index contributed by atoms with van der Waals surface area (Å²) in [4.78, 5) is 6.21. The van der Waals surface area contributed by atoms with Crippen LogP contribution in [-0.4, -0.2) is 53.6 Å². The summed E-state index contributed by atoms with van der Waals surface area (Å²) in [6.07, 6.45) is 0. The van der Waals surface area contributed by atoms with E-state index in [1.165, 1.54) is 19.2 Å². The molecule has 1 heterocycles. The normalized spacial score (nSPS) is 11.3. The van der Waals surface area contributed by atoms with Crippen molar-refractivity contribution in [3.05, 3.63) is 24.1 Å². The highest BCUT2D eigenvalue weighted by Gasteiger charge is 2.15. The summed E-state index contributed by atoms with van der Waals surface area (Å²) in [6.45, 7) is 0.700. The molecular formula is C15H19F2N3O4. The molecular weight excluding hydrogens is 324 g/mol. The van der Waals surface area contributed by atoms with E-state index in [1.54, 1.807) is 6.07 Å². The fourth-order valence-corrected chi connectivity index (χ4v) is 2.12. The van der Waals surface area contributed by atoms with E-state index in [4.69, 9.17) is 14.4 Å². The van der Waals surface area contributed by atoms with Crippen molar-refractivity contribution in [2.75, 3.05) is 26.8 Å². The van der Waals surface area contributed by atoms with Crippen molar-refractivity contribution < 1.29 is 27.9 Å². The van der Waals surface area contributed by atoms with E-state index in [2.05, 4.69) is 14.9 Å². The first-order chi connectivity index (χ1) is 11.6. The second-order valence-electron chi connectivity index (χ2n) is 4.85. The van der Waals surface area contributed by atoms with Crippen molar-refractivity contribution in [3.8, 4) is 22.9 Å². The number of nitrogens with zero attached hydrogens (tertiary/aromatic N) is 3. The number of halogens is 2. The molecule has 0 bridgehead atoms. The van der Waals surface area contributed by atoms with Crippen molar-refractivity contribution >= 4 is 0 Å². The van der Waals surface area contributed by atoms with Gasteiger partial charge in [0, 0.05) is 12.1 Å². The second-order valence-corrected chi connectivity index (χ2v) is 4.85. The highest BCUT2D eigenvalue weighted by atomic mass is 19.3. The number of aliphatic hydroxyl groups excluding tert-OH is 1. The Morgan fingerprint density at radius 1 is 1.33 bits per heavy atom. The molecule has 2 rings (SSSR count). The number of hydrogen-bond donors (Lipinski definition) is 1. The molecule has 0 radical (unpaired) electrons. The van der Waals surface area contributed by atoms with Crippen LogP contribution in [-0.2, 0) is 6.54 Å². The zero-order chi connectivity index (χ0) is 17.5. The van der Waals surface area contributed by atoms with E-state index in [-0.39, 0.29) is 18.1 Å². The molecule has 0 aliphatic rings. The zero-order valence-electron chi connectivity index (χ0n) is 13.4. The molecule has 0 saturated carbocycles. The number of methoxy groups -OCH3 is 1. The third-order valence-electron chi connectivity index (χ3n) is 3.33. The molecule has 9 heteroatoms. The van der Waals surface area contributed by atoms with Crippen LogP contribution in [0.25, 0.3) is 11.4 Å². The summed E-state index contributed by atoms with van der Waals surface area (Å²) in [5.74, 6) is 0.786. The molecule has 0 unspecified atom stereocenters. The summed E-state index contributed by atoms with van der Waals surface area (Å²) >= 11 is 0. The van der Waals surface area contributed by atoms with Crippen molar-refractivity contribution in [3.63, 3.8) is 0 Å². The van der Waals surface area contributed by atoms with Crippen LogP contribution in [0.5, 0.6) is 11.5 Å². The molecule has 0 atom stereocenters. The molecule has 2 aromatic rings. The van der Waals surface area contributed by atoms with Crippen molar-refractivity contribution in [2.24, 2.45) is 0 Å². The van der Waals surface area contributed by atoms with Crippen molar-refractivity contribution in [2.45, 2.75) is 20.1 Å². The summed E-state index contributed by atoms with van der Waals surface area (Å²) in [5.41, 5.74) is 0.550. The minimum absolute atomic E-state index is 0.0393. The lowest BCUT2D eigenvalue weighted by Crippen LogP contribution is -2.26.